The van der Waals surface area contributed by atoms with Gasteiger partial charge in [-0.15, -0.1) is 0 Å². The zero-order valence-corrected chi connectivity index (χ0v) is 18.4. The van der Waals surface area contributed by atoms with E-state index < -0.39 is 29.4 Å². The molecule has 178 valence electrons. The highest BCUT2D eigenvalue weighted by Gasteiger charge is 2.32. The number of carbonyl (C=O) groups excluding carboxylic acids is 1. The van der Waals surface area contributed by atoms with E-state index in [2.05, 4.69) is 0 Å². The Balaban J connectivity index is 1.69. The highest BCUT2D eigenvalue weighted by atomic mass is 19.4. The minimum atomic E-state index is -4.42. The van der Waals surface area contributed by atoms with Crippen molar-refractivity contribution in [3.05, 3.63) is 65.2 Å². The maximum Gasteiger partial charge on any atom is 0.416 e. The first-order valence-corrected chi connectivity index (χ1v) is 10.6. The third-order valence-electron chi connectivity index (χ3n) is 5.51. The van der Waals surface area contributed by atoms with Gasteiger partial charge in [-0.1, -0.05) is 24.3 Å². The fourth-order valence-electron chi connectivity index (χ4n) is 3.64. The topological polar surface area (TPSA) is 76.1 Å². The number of nitrogens with zero attached hydrogens (tertiary/aromatic N) is 1. The summed E-state index contributed by atoms with van der Waals surface area (Å²) < 4.78 is 49.1. The van der Waals surface area contributed by atoms with Gasteiger partial charge in [-0.05, 0) is 68.5 Å². The van der Waals surface area contributed by atoms with Crippen molar-refractivity contribution in [2.45, 2.75) is 57.5 Å². The summed E-state index contributed by atoms with van der Waals surface area (Å²) >= 11 is 0. The monoisotopic (exact) mass is 465 g/mol. The van der Waals surface area contributed by atoms with Gasteiger partial charge < -0.3 is 19.5 Å². The number of piperidine rings is 1. The van der Waals surface area contributed by atoms with Crippen molar-refractivity contribution < 1.29 is 37.3 Å². The molecule has 9 heteroatoms. The van der Waals surface area contributed by atoms with Crippen LogP contribution in [0.4, 0.5) is 18.0 Å². The van der Waals surface area contributed by atoms with Crippen molar-refractivity contribution in [1.82, 2.24) is 4.90 Å². The Bertz CT molecular complexity index is 988. The highest BCUT2D eigenvalue weighted by Crippen LogP contribution is 2.34. The van der Waals surface area contributed by atoms with Gasteiger partial charge in [-0.2, -0.15) is 13.2 Å². The van der Waals surface area contributed by atoms with Crippen molar-refractivity contribution in [3.8, 4) is 5.75 Å². The molecule has 6 nitrogen and oxygen atoms in total. The summed E-state index contributed by atoms with van der Waals surface area (Å²) in [6.07, 6.45) is -2.58. The van der Waals surface area contributed by atoms with Crippen LogP contribution in [0.2, 0.25) is 0 Å². The van der Waals surface area contributed by atoms with Gasteiger partial charge in [0.15, 0.2) is 5.60 Å². The lowest BCUT2D eigenvalue weighted by Gasteiger charge is -2.35. The van der Waals surface area contributed by atoms with E-state index in [4.69, 9.17) is 9.47 Å². The molecule has 0 aliphatic carbocycles. The van der Waals surface area contributed by atoms with E-state index in [0.29, 0.717) is 24.3 Å². The van der Waals surface area contributed by atoms with Gasteiger partial charge in [-0.25, -0.2) is 9.59 Å². The molecule has 2 aromatic carbocycles. The quantitative estimate of drug-likeness (QED) is 0.583. The van der Waals surface area contributed by atoms with E-state index in [0.717, 1.165) is 30.5 Å². The summed E-state index contributed by atoms with van der Waals surface area (Å²) in [5.74, 6) is -0.720. The van der Waals surface area contributed by atoms with Crippen LogP contribution < -0.4 is 4.74 Å². The van der Waals surface area contributed by atoms with Crippen LogP contribution in [-0.2, 0) is 22.3 Å². The molecule has 0 radical (unpaired) electrons. The summed E-state index contributed by atoms with van der Waals surface area (Å²) in [6, 6.07) is 11.2. The van der Waals surface area contributed by atoms with Gasteiger partial charge >= 0.3 is 18.2 Å². The lowest BCUT2D eigenvalue weighted by molar-refractivity contribution is -0.152. The molecule has 33 heavy (non-hydrogen) atoms. The number of ether oxygens (including phenoxy) is 2. The van der Waals surface area contributed by atoms with Gasteiger partial charge in [-0.3, -0.25) is 0 Å². The Morgan fingerprint density at radius 3 is 2.42 bits per heavy atom. The fraction of sp³-hybridized carbons (Fsp3) is 0.417. The normalized spacial score (nSPS) is 16.9. The molecule has 1 amide bonds. The number of alkyl halides is 3. The largest absolute Gasteiger partial charge is 0.478 e. The molecule has 3 rings (SSSR count). The Morgan fingerprint density at radius 2 is 1.79 bits per heavy atom. The van der Waals surface area contributed by atoms with Gasteiger partial charge in [0.05, 0.1) is 11.6 Å². The first-order valence-electron chi connectivity index (χ1n) is 10.6. The molecule has 1 fully saturated rings. The molecule has 1 aliphatic rings. The summed E-state index contributed by atoms with van der Waals surface area (Å²) in [4.78, 5) is 25.8. The average molecular weight is 465 g/mol. The molecule has 1 heterocycles. The van der Waals surface area contributed by atoms with E-state index >= 15 is 0 Å². The molecular formula is C24H26F3NO5. The smallest absolute Gasteiger partial charge is 0.416 e. The third-order valence-corrected chi connectivity index (χ3v) is 5.51. The van der Waals surface area contributed by atoms with Crippen molar-refractivity contribution in [2.75, 3.05) is 6.54 Å². The van der Waals surface area contributed by atoms with Crippen LogP contribution in [0.1, 0.15) is 55.8 Å². The molecule has 1 atom stereocenters. The van der Waals surface area contributed by atoms with Gasteiger partial charge in [0.1, 0.15) is 12.4 Å². The minimum absolute atomic E-state index is 0.143. The van der Waals surface area contributed by atoms with Gasteiger partial charge in [0.25, 0.3) is 0 Å². The first-order chi connectivity index (χ1) is 15.5. The van der Waals surface area contributed by atoms with Crippen LogP contribution in [0.3, 0.4) is 0 Å². The van der Waals surface area contributed by atoms with Crippen molar-refractivity contribution in [2.24, 2.45) is 0 Å². The predicted molar refractivity (Wildman–Crippen MR) is 114 cm³/mol. The SMILES string of the molecule is CC(C)(Oc1cccc([C@H]2CCCCN2C(=O)OCc2ccc(C(F)(F)F)cc2)c1)C(=O)O. The lowest BCUT2D eigenvalue weighted by Crippen LogP contribution is -2.39. The molecular weight excluding hydrogens is 439 g/mol. The van der Waals surface area contributed by atoms with E-state index in [-0.39, 0.29) is 12.6 Å². The highest BCUT2D eigenvalue weighted by molar-refractivity contribution is 5.76. The number of halogens is 3. The first kappa shape index (κ1) is 24.4. The summed E-state index contributed by atoms with van der Waals surface area (Å²) in [5, 5.41) is 9.29. The molecule has 1 saturated heterocycles. The number of aliphatic carboxylic acids is 1. The van der Waals surface area contributed by atoms with Crippen LogP contribution in [-0.4, -0.2) is 34.2 Å². The van der Waals surface area contributed by atoms with Crippen LogP contribution in [0.5, 0.6) is 5.75 Å². The third kappa shape index (κ3) is 6.18. The summed E-state index contributed by atoms with van der Waals surface area (Å²) in [5.41, 5.74) is -0.927. The number of likely N-dealkylation sites (tertiary alicyclic amines) is 1. The second-order valence-corrected chi connectivity index (χ2v) is 8.44. The maximum absolute atomic E-state index is 12.8. The second-order valence-electron chi connectivity index (χ2n) is 8.44. The molecule has 2 aromatic rings. The second kappa shape index (κ2) is 9.72. The van der Waals surface area contributed by atoms with Crippen molar-refractivity contribution in [1.29, 1.82) is 0 Å². The fourth-order valence-corrected chi connectivity index (χ4v) is 3.64. The molecule has 1 N–H and O–H groups in total. The number of hydrogen-bond acceptors (Lipinski definition) is 4. The molecule has 0 spiro atoms. The Labute approximate surface area is 189 Å². The number of carboxylic acids is 1. The molecule has 0 unspecified atom stereocenters. The Hall–Kier alpha value is -3.23. The van der Waals surface area contributed by atoms with Crippen molar-refractivity contribution >= 4 is 12.1 Å². The Morgan fingerprint density at radius 1 is 1.09 bits per heavy atom. The summed E-state index contributed by atoms with van der Waals surface area (Å²) in [7, 11) is 0. The number of carbonyl (C=O) groups is 2. The zero-order chi connectivity index (χ0) is 24.2. The average Bonchev–Trinajstić information content (AvgIpc) is 2.77. The summed E-state index contributed by atoms with van der Waals surface area (Å²) in [6.45, 7) is 3.24. The van der Waals surface area contributed by atoms with Crippen LogP contribution in [0.25, 0.3) is 0 Å². The predicted octanol–water partition coefficient (Wildman–Crippen LogP) is 5.81. The number of carboxylic acid groups (broad SMARTS) is 1. The van der Waals surface area contributed by atoms with E-state index in [9.17, 15) is 27.9 Å². The van der Waals surface area contributed by atoms with Crippen molar-refractivity contribution in [3.63, 3.8) is 0 Å². The molecule has 0 aromatic heterocycles. The van der Waals surface area contributed by atoms with E-state index in [1.54, 1.807) is 23.1 Å². The molecule has 0 bridgehead atoms. The minimum Gasteiger partial charge on any atom is -0.478 e. The number of benzene rings is 2. The van der Waals surface area contributed by atoms with Crippen LogP contribution >= 0.6 is 0 Å². The lowest BCUT2D eigenvalue weighted by atomic mass is 9.95. The maximum atomic E-state index is 12.8. The van der Waals surface area contributed by atoms with Gasteiger partial charge in [0.2, 0.25) is 0 Å². The number of rotatable bonds is 6. The molecule has 1 aliphatic heterocycles. The molecule has 0 saturated carbocycles. The van der Waals surface area contributed by atoms with E-state index in [1.807, 2.05) is 6.07 Å². The van der Waals surface area contributed by atoms with Crippen LogP contribution in [0.15, 0.2) is 48.5 Å². The standard InChI is InChI=1S/C24H26F3NO5/c1-23(2,21(29)30)33-19-7-5-6-17(14-19)20-8-3-4-13-28(20)22(31)32-15-16-9-11-18(12-10-16)24(25,26)27/h5-7,9-12,14,20H,3-4,8,13,15H2,1-2H3,(H,29,30)/t20-/m1/s1. The number of hydrogen-bond donors (Lipinski definition) is 1. The number of amides is 1. The zero-order valence-electron chi connectivity index (χ0n) is 18.4. The Kier molecular flexibility index (Phi) is 7.19. The van der Waals surface area contributed by atoms with E-state index in [1.165, 1.54) is 26.0 Å². The van der Waals surface area contributed by atoms with Crippen LogP contribution in [0, 0.1) is 0 Å². The van der Waals surface area contributed by atoms with Gasteiger partial charge in [0, 0.05) is 6.54 Å².